The largest absolute Gasteiger partial charge is 2.00 e. The first-order valence-electron chi connectivity index (χ1n) is 7.43. The van der Waals surface area contributed by atoms with Crippen molar-refractivity contribution in [2.75, 3.05) is 0 Å². The first-order chi connectivity index (χ1) is 12.1. The van der Waals surface area contributed by atoms with Gasteiger partial charge in [-0.3, -0.25) is 0 Å². The van der Waals surface area contributed by atoms with Crippen molar-refractivity contribution in [3.8, 4) is 16.9 Å². The summed E-state index contributed by atoms with van der Waals surface area (Å²) in [4.78, 5) is -0.138. The van der Waals surface area contributed by atoms with E-state index in [0.29, 0.717) is 5.56 Å². The molecule has 140 valence electrons. The molecule has 1 aromatic heterocycles. The van der Waals surface area contributed by atoms with Gasteiger partial charge in [-0.2, -0.15) is 18.3 Å². The summed E-state index contributed by atoms with van der Waals surface area (Å²) in [7, 11) is -3.90. The molecule has 0 spiro atoms. The molecule has 0 aliphatic carbocycles. The van der Waals surface area contributed by atoms with Gasteiger partial charge in [-0.1, -0.05) is 29.8 Å². The van der Waals surface area contributed by atoms with Gasteiger partial charge < -0.3 is 2.85 Å². The van der Waals surface area contributed by atoms with E-state index in [1.807, 2.05) is 6.92 Å². The maximum absolute atomic E-state index is 13.1. The molecule has 0 bridgehead atoms. The van der Waals surface area contributed by atoms with Gasteiger partial charge >= 0.3 is 43.9 Å². The van der Waals surface area contributed by atoms with E-state index >= 15 is 0 Å². The fourth-order valence-corrected chi connectivity index (χ4v) is 2.94. The summed E-state index contributed by atoms with van der Waals surface area (Å²) in [6.45, 7) is 1.87. The summed E-state index contributed by atoms with van der Waals surface area (Å²) in [5.74, 6) is 0. The van der Waals surface area contributed by atoms with E-state index in [2.05, 4.69) is 5.10 Å². The van der Waals surface area contributed by atoms with Crippen LogP contribution in [0.15, 0.2) is 59.5 Å². The normalized spacial score (nSPS) is 11.9. The van der Waals surface area contributed by atoms with E-state index in [1.165, 1.54) is 24.3 Å². The summed E-state index contributed by atoms with van der Waals surface area (Å²) < 4.78 is 63.2. The molecule has 0 aliphatic heterocycles. The quantitative estimate of drug-likeness (QED) is 0.656. The Morgan fingerprint density at radius 3 is 2.07 bits per heavy atom. The number of sulfonamides is 1. The Bertz CT molecular complexity index is 1060. The number of halogens is 3. The number of benzene rings is 2. The molecule has 5 nitrogen and oxygen atoms in total. The fraction of sp³-hybridized carbons (Fsp3) is 0.118. The second kappa shape index (κ2) is 7.92. The minimum atomic E-state index is -4.61. The van der Waals surface area contributed by atoms with Gasteiger partial charge in [0.25, 0.3) is 0 Å². The number of primary sulfonamides is 1. The molecule has 0 saturated carbocycles. The van der Waals surface area contributed by atoms with Crippen molar-refractivity contribution in [3.63, 3.8) is 0 Å². The summed E-state index contributed by atoms with van der Waals surface area (Å²) in [6, 6.07) is 13.1. The number of aryl methyl sites for hydroxylation is 1. The van der Waals surface area contributed by atoms with Crippen LogP contribution in [0.1, 0.15) is 14.1 Å². The van der Waals surface area contributed by atoms with Gasteiger partial charge in [0.15, 0.2) is 5.69 Å². The maximum atomic E-state index is 13.1. The summed E-state index contributed by atoms with van der Waals surface area (Å²) in [6.07, 6.45) is -4.61. The maximum Gasteiger partial charge on any atom is 2.00 e. The first kappa shape index (κ1) is 21.9. The molecular weight excluding hydrogens is 407 g/mol. The molecule has 2 aromatic carbocycles. The minimum absolute atomic E-state index is 0. The van der Waals surface area contributed by atoms with Crippen molar-refractivity contribution in [1.82, 2.24) is 9.78 Å². The zero-order valence-corrected chi connectivity index (χ0v) is 17.3. The Morgan fingerprint density at radius 1 is 1.04 bits per heavy atom. The number of nitrogens with two attached hydrogens (primary N) is 1. The molecule has 0 fully saturated rings. The molecule has 2 N–H and O–H groups in total. The minimum Gasteiger partial charge on any atom is -1.00 e. The van der Waals surface area contributed by atoms with Crippen LogP contribution in [-0.2, 0) is 16.2 Å². The molecular formula is C17H16CaF3N3O2S. The third-order valence-electron chi connectivity index (χ3n) is 3.76. The van der Waals surface area contributed by atoms with E-state index in [-0.39, 0.29) is 56.9 Å². The van der Waals surface area contributed by atoms with Crippen LogP contribution in [0.25, 0.3) is 16.9 Å². The number of nitrogens with zero attached hydrogens (tertiary/aromatic N) is 2. The molecule has 0 radical (unpaired) electrons. The molecule has 27 heavy (non-hydrogen) atoms. The van der Waals surface area contributed by atoms with Crippen molar-refractivity contribution in [2.45, 2.75) is 18.0 Å². The standard InChI is InChI=1S/C17H14F3N3O2S.Ca.2H/c1-11-2-4-12(5-3-11)15-10-16(17(18,19)20)22-23(15)13-6-8-14(9-7-13)26(21,24)25;;;/h2-10H,1H3,(H2,21,24,25);;;/q;+2;2*-1. The van der Waals surface area contributed by atoms with Crippen LogP contribution in [0.5, 0.6) is 0 Å². The number of hydrogen-bond donors (Lipinski definition) is 1. The second-order valence-electron chi connectivity index (χ2n) is 5.73. The first-order valence-corrected chi connectivity index (χ1v) is 8.98. The summed E-state index contributed by atoms with van der Waals surface area (Å²) in [5.41, 5.74) is 0.996. The Kier molecular flexibility index (Phi) is 6.43. The van der Waals surface area contributed by atoms with Crippen molar-refractivity contribution in [1.29, 1.82) is 0 Å². The Hall–Kier alpha value is -1.39. The fourth-order valence-electron chi connectivity index (χ4n) is 2.42. The zero-order valence-electron chi connectivity index (χ0n) is 16.2. The van der Waals surface area contributed by atoms with Gasteiger partial charge in [-0.25, -0.2) is 18.2 Å². The SMILES string of the molecule is Cc1ccc(-c2cc(C(F)(F)F)nn2-c2ccc(S(N)(=O)=O)cc2)cc1.[Ca+2].[H-].[H-]. The van der Waals surface area contributed by atoms with Crippen LogP contribution in [0, 0.1) is 6.92 Å². The number of hydrogen-bond acceptors (Lipinski definition) is 3. The van der Waals surface area contributed by atoms with Crippen LogP contribution in [0.4, 0.5) is 13.2 Å². The zero-order chi connectivity index (χ0) is 19.1. The van der Waals surface area contributed by atoms with E-state index in [9.17, 15) is 21.6 Å². The Morgan fingerprint density at radius 2 is 1.59 bits per heavy atom. The van der Waals surface area contributed by atoms with Gasteiger partial charge in [-0.15, -0.1) is 0 Å². The molecule has 3 rings (SSSR count). The number of alkyl halides is 3. The van der Waals surface area contributed by atoms with Crippen LogP contribution in [0.2, 0.25) is 0 Å². The van der Waals surface area contributed by atoms with Gasteiger partial charge in [-0.05, 0) is 37.3 Å². The Labute approximate surface area is 187 Å². The summed E-state index contributed by atoms with van der Waals surface area (Å²) >= 11 is 0. The average molecular weight is 423 g/mol. The van der Waals surface area contributed by atoms with E-state index in [1.54, 1.807) is 24.3 Å². The predicted octanol–water partition coefficient (Wildman–Crippen LogP) is 3.36. The van der Waals surface area contributed by atoms with Gasteiger partial charge in [0.1, 0.15) is 0 Å². The molecule has 0 unspecified atom stereocenters. The average Bonchev–Trinajstić information content (AvgIpc) is 3.00. The van der Waals surface area contributed by atoms with Gasteiger partial charge in [0, 0.05) is 5.56 Å². The number of aromatic nitrogens is 2. The molecule has 3 aromatic rings. The number of rotatable bonds is 3. The van der Waals surface area contributed by atoms with Crippen molar-refractivity contribution >= 4 is 47.8 Å². The third kappa shape index (κ3) is 4.91. The van der Waals surface area contributed by atoms with Crippen molar-refractivity contribution in [3.05, 3.63) is 65.9 Å². The van der Waals surface area contributed by atoms with E-state index in [0.717, 1.165) is 16.3 Å². The molecule has 0 atom stereocenters. The molecule has 0 aliphatic rings. The van der Waals surface area contributed by atoms with Crippen molar-refractivity contribution in [2.24, 2.45) is 5.14 Å². The summed E-state index contributed by atoms with van der Waals surface area (Å²) in [5, 5.41) is 8.70. The van der Waals surface area contributed by atoms with Crippen LogP contribution in [-0.4, -0.2) is 55.9 Å². The molecule has 0 saturated heterocycles. The molecule has 1 heterocycles. The predicted molar refractivity (Wildman–Crippen MR) is 98.1 cm³/mol. The van der Waals surface area contributed by atoms with E-state index in [4.69, 9.17) is 5.14 Å². The van der Waals surface area contributed by atoms with Crippen LogP contribution >= 0.6 is 0 Å². The third-order valence-corrected chi connectivity index (χ3v) is 4.69. The van der Waals surface area contributed by atoms with Gasteiger partial charge in [0.05, 0.1) is 16.3 Å². The topological polar surface area (TPSA) is 78.0 Å². The van der Waals surface area contributed by atoms with Crippen LogP contribution in [0.3, 0.4) is 0 Å². The van der Waals surface area contributed by atoms with Gasteiger partial charge in [0.2, 0.25) is 10.0 Å². The van der Waals surface area contributed by atoms with Crippen molar-refractivity contribution < 1.29 is 24.4 Å². The van der Waals surface area contributed by atoms with Crippen LogP contribution < -0.4 is 5.14 Å². The second-order valence-corrected chi connectivity index (χ2v) is 7.29. The molecule has 10 heteroatoms. The van der Waals surface area contributed by atoms with E-state index < -0.39 is 21.9 Å². The Balaban J connectivity index is 0.00000261. The monoisotopic (exact) mass is 423 g/mol. The smallest absolute Gasteiger partial charge is 1.00 e. The molecule has 0 amide bonds.